The van der Waals surface area contributed by atoms with Gasteiger partial charge in [0.1, 0.15) is 5.76 Å². The Hall–Kier alpha value is -2.08. The van der Waals surface area contributed by atoms with Gasteiger partial charge in [0.05, 0.1) is 30.2 Å². The number of rotatable bonds is 5. The predicted octanol–water partition coefficient (Wildman–Crippen LogP) is 2.24. The number of carbonyl (C=O) groups is 1. The van der Waals surface area contributed by atoms with Crippen LogP contribution < -0.4 is 0 Å². The van der Waals surface area contributed by atoms with E-state index in [1.807, 2.05) is 30.1 Å². The fraction of sp³-hybridized carbons (Fsp3) is 0.600. The molecular weight excluding hydrogens is 328 g/mol. The first kappa shape index (κ1) is 16.1. The van der Waals surface area contributed by atoms with Crippen molar-refractivity contribution in [2.75, 3.05) is 26.2 Å². The fourth-order valence-electron chi connectivity index (χ4n) is 4.85. The Bertz CT molecular complexity index is 795. The highest BCUT2D eigenvalue weighted by atomic mass is 16.3. The van der Waals surface area contributed by atoms with Gasteiger partial charge in [0, 0.05) is 45.3 Å². The average Bonchev–Trinajstić information content (AvgIpc) is 2.98. The third-order valence-corrected chi connectivity index (χ3v) is 6.37. The molecule has 2 atom stereocenters. The SMILES string of the molecule is Cn1cnc(C2CN(Cc3ccco3)CC23CCN(CC2CC2)C3=O)c1. The summed E-state index contributed by atoms with van der Waals surface area (Å²) < 4.78 is 7.53. The first-order chi connectivity index (χ1) is 12.6. The summed E-state index contributed by atoms with van der Waals surface area (Å²) in [6, 6.07) is 3.94. The minimum Gasteiger partial charge on any atom is -0.468 e. The van der Waals surface area contributed by atoms with E-state index in [0.29, 0.717) is 5.91 Å². The summed E-state index contributed by atoms with van der Waals surface area (Å²) >= 11 is 0. The van der Waals surface area contributed by atoms with Crippen LogP contribution in [0.5, 0.6) is 0 Å². The van der Waals surface area contributed by atoms with Crippen molar-refractivity contribution in [2.24, 2.45) is 18.4 Å². The molecule has 2 saturated heterocycles. The summed E-state index contributed by atoms with van der Waals surface area (Å²) in [7, 11) is 1.99. The van der Waals surface area contributed by atoms with E-state index in [1.54, 1.807) is 6.26 Å². The molecule has 1 aliphatic carbocycles. The second-order valence-corrected chi connectivity index (χ2v) is 8.37. The summed E-state index contributed by atoms with van der Waals surface area (Å²) in [4.78, 5) is 22.6. The van der Waals surface area contributed by atoms with Gasteiger partial charge in [-0.25, -0.2) is 4.98 Å². The van der Waals surface area contributed by atoms with Gasteiger partial charge in [-0.2, -0.15) is 0 Å². The van der Waals surface area contributed by atoms with Crippen molar-refractivity contribution >= 4 is 5.91 Å². The number of likely N-dealkylation sites (tertiary alicyclic amines) is 2. The van der Waals surface area contributed by atoms with Crippen molar-refractivity contribution in [1.29, 1.82) is 0 Å². The molecule has 0 bridgehead atoms. The minimum absolute atomic E-state index is 0.162. The van der Waals surface area contributed by atoms with Crippen LogP contribution in [-0.4, -0.2) is 51.4 Å². The smallest absolute Gasteiger partial charge is 0.230 e. The van der Waals surface area contributed by atoms with Gasteiger partial charge in [0.2, 0.25) is 5.91 Å². The monoisotopic (exact) mass is 354 g/mol. The quantitative estimate of drug-likeness (QED) is 0.826. The largest absolute Gasteiger partial charge is 0.468 e. The Kier molecular flexibility index (Phi) is 3.71. The van der Waals surface area contributed by atoms with Gasteiger partial charge < -0.3 is 13.9 Å². The maximum absolute atomic E-state index is 13.5. The molecule has 3 aliphatic rings. The number of amides is 1. The molecule has 0 aromatic carbocycles. The number of hydrogen-bond acceptors (Lipinski definition) is 4. The van der Waals surface area contributed by atoms with Gasteiger partial charge >= 0.3 is 0 Å². The molecule has 5 rings (SSSR count). The van der Waals surface area contributed by atoms with Crippen LogP contribution in [-0.2, 0) is 18.4 Å². The van der Waals surface area contributed by atoms with Crippen LogP contribution in [0.2, 0.25) is 0 Å². The molecule has 1 spiro atoms. The van der Waals surface area contributed by atoms with E-state index in [9.17, 15) is 4.79 Å². The van der Waals surface area contributed by atoms with Gasteiger partial charge in [-0.05, 0) is 37.3 Å². The molecule has 3 fully saturated rings. The number of carbonyl (C=O) groups excluding carboxylic acids is 1. The predicted molar refractivity (Wildman–Crippen MR) is 96.3 cm³/mol. The number of imidazole rings is 1. The topological polar surface area (TPSA) is 54.5 Å². The highest BCUT2D eigenvalue weighted by Gasteiger charge is 2.58. The van der Waals surface area contributed by atoms with E-state index in [2.05, 4.69) is 21.0 Å². The van der Waals surface area contributed by atoms with Crippen molar-refractivity contribution in [3.05, 3.63) is 42.4 Å². The lowest BCUT2D eigenvalue weighted by Crippen LogP contribution is -2.40. The van der Waals surface area contributed by atoms with Crippen LogP contribution >= 0.6 is 0 Å². The molecule has 26 heavy (non-hydrogen) atoms. The lowest BCUT2D eigenvalue weighted by atomic mass is 9.75. The Morgan fingerprint density at radius 3 is 2.96 bits per heavy atom. The maximum Gasteiger partial charge on any atom is 0.230 e. The number of aromatic nitrogens is 2. The molecular formula is C20H26N4O2. The molecule has 0 N–H and O–H groups in total. The molecule has 1 saturated carbocycles. The van der Waals surface area contributed by atoms with Crippen LogP contribution in [0, 0.1) is 11.3 Å². The Balaban J connectivity index is 1.43. The van der Waals surface area contributed by atoms with E-state index < -0.39 is 0 Å². The zero-order valence-corrected chi connectivity index (χ0v) is 15.3. The Labute approximate surface area is 153 Å². The van der Waals surface area contributed by atoms with Gasteiger partial charge in [-0.15, -0.1) is 0 Å². The van der Waals surface area contributed by atoms with Crippen LogP contribution in [0.15, 0.2) is 35.3 Å². The zero-order chi connectivity index (χ0) is 17.7. The maximum atomic E-state index is 13.5. The van der Waals surface area contributed by atoms with Crippen molar-refractivity contribution in [3.8, 4) is 0 Å². The van der Waals surface area contributed by atoms with E-state index in [1.165, 1.54) is 12.8 Å². The molecule has 4 heterocycles. The molecule has 6 heteroatoms. The summed E-state index contributed by atoms with van der Waals surface area (Å²) in [6.07, 6.45) is 9.15. The molecule has 2 aliphatic heterocycles. The first-order valence-corrected chi connectivity index (χ1v) is 9.66. The van der Waals surface area contributed by atoms with E-state index >= 15 is 0 Å². The first-order valence-electron chi connectivity index (χ1n) is 9.66. The van der Waals surface area contributed by atoms with Gasteiger partial charge in [-0.3, -0.25) is 9.69 Å². The number of hydrogen-bond donors (Lipinski definition) is 0. The van der Waals surface area contributed by atoms with Crippen LogP contribution in [0.1, 0.15) is 36.6 Å². The third-order valence-electron chi connectivity index (χ3n) is 6.37. The molecule has 2 aromatic heterocycles. The van der Waals surface area contributed by atoms with E-state index in [4.69, 9.17) is 4.42 Å². The highest BCUT2D eigenvalue weighted by Crippen LogP contribution is 2.50. The minimum atomic E-state index is -0.324. The Morgan fingerprint density at radius 1 is 1.38 bits per heavy atom. The molecule has 2 aromatic rings. The van der Waals surface area contributed by atoms with Crippen molar-refractivity contribution in [1.82, 2.24) is 19.4 Å². The van der Waals surface area contributed by atoms with Crippen molar-refractivity contribution < 1.29 is 9.21 Å². The van der Waals surface area contributed by atoms with Gasteiger partial charge in [0.15, 0.2) is 0 Å². The Morgan fingerprint density at radius 2 is 2.27 bits per heavy atom. The highest BCUT2D eigenvalue weighted by molar-refractivity contribution is 5.86. The zero-order valence-electron chi connectivity index (χ0n) is 15.3. The van der Waals surface area contributed by atoms with Crippen LogP contribution in [0.25, 0.3) is 0 Å². The van der Waals surface area contributed by atoms with Gasteiger partial charge in [-0.1, -0.05) is 0 Å². The van der Waals surface area contributed by atoms with Crippen LogP contribution in [0.4, 0.5) is 0 Å². The summed E-state index contributed by atoms with van der Waals surface area (Å²) in [5.74, 6) is 2.21. The second-order valence-electron chi connectivity index (χ2n) is 8.37. The fourth-order valence-corrected chi connectivity index (χ4v) is 4.85. The molecule has 138 valence electrons. The molecule has 0 radical (unpaired) electrons. The second kappa shape index (κ2) is 5.98. The summed E-state index contributed by atoms with van der Waals surface area (Å²) in [5.41, 5.74) is 0.728. The molecule has 1 amide bonds. The number of nitrogens with zero attached hydrogens (tertiary/aromatic N) is 4. The number of furan rings is 1. The molecule has 2 unspecified atom stereocenters. The average molecular weight is 354 g/mol. The summed E-state index contributed by atoms with van der Waals surface area (Å²) in [5, 5.41) is 0. The summed E-state index contributed by atoms with van der Waals surface area (Å²) in [6.45, 7) is 4.27. The lowest BCUT2D eigenvalue weighted by Gasteiger charge is -2.28. The standard InChI is InChI=1S/C20H26N4O2/c1-22-12-18(21-14-22)17-11-23(10-16-3-2-8-26-16)13-20(17)6-7-24(19(20)25)9-15-4-5-15/h2-3,8,12,14-15,17H,4-7,9-11,13H2,1H3. The van der Waals surface area contributed by atoms with Crippen molar-refractivity contribution in [3.63, 3.8) is 0 Å². The molecule has 6 nitrogen and oxygen atoms in total. The van der Waals surface area contributed by atoms with Crippen LogP contribution in [0.3, 0.4) is 0 Å². The number of aryl methyl sites for hydroxylation is 1. The van der Waals surface area contributed by atoms with E-state index in [0.717, 1.165) is 56.5 Å². The third kappa shape index (κ3) is 2.67. The van der Waals surface area contributed by atoms with E-state index in [-0.39, 0.29) is 11.3 Å². The van der Waals surface area contributed by atoms with Crippen molar-refractivity contribution in [2.45, 2.75) is 31.7 Å². The normalized spacial score (nSPS) is 29.3. The lowest BCUT2D eigenvalue weighted by molar-refractivity contribution is -0.136. The van der Waals surface area contributed by atoms with Gasteiger partial charge in [0.25, 0.3) is 0 Å².